The molecule has 0 fully saturated rings. The monoisotopic (exact) mass is 136 g/mol. The molecule has 58 valence electrons. The lowest BCUT2D eigenvalue weighted by Crippen LogP contribution is -1.78. The largest absolute Gasteiger partial charge is 0.481 e. The first-order valence-corrected chi connectivity index (χ1v) is 2.95. The molecule has 0 aromatic rings. The fourth-order valence-electron chi connectivity index (χ4n) is 0. The van der Waals surface area contributed by atoms with Gasteiger partial charge in [0.15, 0.2) is 0 Å². The molecule has 0 saturated carbocycles. The first-order chi connectivity index (χ1) is 4.15. The standard InChI is InChI=1S/C2H4O2.C2H6O.C2H6/c1-2(3)4;1-2-3;1-2/h1H3,(H,3,4);3H,2H2,1H3;1-2H3. The number of aliphatic hydroxyl groups excluding tert-OH is 1. The minimum atomic E-state index is -0.833. The van der Waals surface area contributed by atoms with Crippen LogP contribution in [-0.4, -0.2) is 22.8 Å². The number of carboxylic acids is 1. The van der Waals surface area contributed by atoms with E-state index < -0.39 is 5.97 Å². The van der Waals surface area contributed by atoms with Crippen LogP contribution in [0.1, 0.15) is 27.7 Å². The first kappa shape index (κ1) is 15.8. The summed E-state index contributed by atoms with van der Waals surface area (Å²) in [7, 11) is 0. The highest BCUT2D eigenvalue weighted by Crippen LogP contribution is 1.42. The second kappa shape index (κ2) is 26.1. The lowest BCUT2D eigenvalue weighted by atomic mass is 10.9. The highest BCUT2D eigenvalue weighted by molar-refractivity contribution is 5.62. The van der Waals surface area contributed by atoms with Crippen LogP contribution in [0.25, 0.3) is 0 Å². The molecule has 0 aromatic heterocycles. The Bertz CT molecular complexity index is 39.6. The van der Waals surface area contributed by atoms with E-state index in [-0.39, 0.29) is 6.61 Å². The van der Waals surface area contributed by atoms with Gasteiger partial charge >= 0.3 is 0 Å². The number of carboxylic acid groups (broad SMARTS) is 1. The second-order valence-electron chi connectivity index (χ2n) is 0.835. The highest BCUT2D eigenvalue weighted by Gasteiger charge is 1.65. The molecule has 2 N–H and O–H groups in total. The number of hydrogen-bond donors (Lipinski definition) is 2. The molecule has 0 radical (unpaired) electrons. The Morgan fingerprint density at radius 3 is 1.44 bits per heavy atom. The van der Waals surface area contributed by atoms with Crippen molar-refractivity contribution in [3.63, 3.8) is 0 Å². The minimum Gasteiger partial charge on any atom is -0.481 e. The van der Waals surface area contributed by atoms with Crippen molar-refractivity contribution in [1.29, 1.82) is 0 Å². The van der Waals surface area contributed by atoms with Gasteiger partial charge in [-0.1, -0.05) is 13.8 Å². The van der Waals surface area contributed by atoms with Gasteiger partial charge in [-0.25, -0.2) is 0 Å². The highest BCUT2D eigenvalue weighted by atomic mass is 16.4. The third-order valence-electron chi connectivity index (χ3n) is 0. The molecule has 9 heavy (non-hydrogen) atoms. The van der Waals surface area contributed by atoms with E-state index in [1.54, 1.807) is 6.92 Å². The number of aliphatic carboxylic acids is 1. The van der Waals surface area contributed by atoms with Crippen molar-refractivity contribution in [1.82, 2.24) is 0 Å². The molecule has 0 aromatic carbocycles. The van der Waals surface area contributed by atoms with Gasteiger partial charge in [0.05, 0.1) is 0 Å². The SMILES string of the molecule is CC.CC(=O)O.CCO. The van der Waals surface area contributed by atoms with Crippen LogP contribution < -0.4 is 0 Å². The van der Waals surface area contributed by atoms with Crippen LogP contribution in [0, 0.1) is 0 Å². The quantitative estimate of drug-likeness (QED) is 0.524. The molecular formula is C6H16O3. The fraction of sp³-hybridized carbons (Fsp3) is 0.833. The summed E-state index contributed by atoms with van der Waals surface area (Å²) in [4.78, 5) is 9.00. The summed E-state index contributed by atoms with van der Waals surface area (Å²) in [6.45, 7) is 7.01. The maximum absolute atomic E-state index is 9.00. The van der Waals surface area contributed by atoms with Gasteiger partial charge in [0.1, 0.15) is 0 Å². The smallest absolute Gasteiger partial charge is 0.300 e. The van der Waals surface area contributed by atoms with Gasteiger partial charge in [-0.05, 0) is 6.92 Å². The lowest BCUT2D eigenvalue weighted by Gasteiger charge is -1.59. The van der Waals surface area contributed by atoms with E-state index in [1.807, 2.05) is 13.8 Å². The third-order valence-corrected chi connectivity index (χ3v) is 0. The average Bonchev–Trinajstić information content (AvgIpc) is 1.71. The third kappa shape index (κ3) is 674. The van der Waals surface area contributed by atoms with Gasteiger partial charge in [0, 0.05) is 13.5 Å². The average molecular weight is 136 g/mol. The van der Waals surface area contributed by atoms with Crippen molar-refractivity contribution >= 4 is 5.97 Å². The summed E-state index contributed by atoms with van der Waals surface area (Å²) < 4.78 is 0. The van der Waals surface area contributed by atoms with Crippen molar-refractivity contribution in [3.05, 3.63) is 0 Å². The van der Waals surface area contributed by atoms with Gasteiger partial charge < -0.3 is 10.2 Å². The first-order valence-electron chi connectivity index (χ1n) is 2.95. The van der Waals surface area contributed by atoms with E-state index in [0.717, 1.165) is 6.92 Å². The topological polar surface area (TPSA) is 57.5 Å². The van der Waals surface area contributed by atoms with Gasteiger partial charge in [-0.3, -0.25) is 4.79 Å². The van der Waals surface area contributed by atoms with Crippen LogP contribution in [0.15, 0.2) is 0 Å². The maximum Gasteiger partial charge on any atom is 0.300 e. The Morgan fingerprint density at radius 2 is 1.44 bits per heavy atom. The van der Waals surface area contributed by atoms with Gasteiger partial charge in [0.2, 0.25) is 0 Å². The summed E-state index contributed by atoms with van der Waals surface area (Å²) in [6, 6.07) is 0. The van der Waals surface area contributed by atoms with E-state index in [9.17, 15) is 0 Å². The van der Waals surface area contributed by atoms with Crippen LogP contribution >= 0.6 is 0 Å². The number of aliphatic hydroxyl groups is 1. The molecule has 0 aliphatic rings. The van der Waals surface area contributed by atoms with Crippen molar-refractivity contribution in [2.45, 2.75) is 27.7 Å². The Kier molecular flexibility index (Phi) is 45.8. The molecule has 0 aliphatic heterocycles. The van der Waals surface area contributed by atoms with Crippen LogP contribution in [0.4, 0.5) is 0 Å². The summed E-state index contributed by atoms with van der Waals surface area (Å²) >= 11 is 0. The predicted octanol–water partition coefficient (Wildman–Crippen LogP) is 1.12. The second-order valence-corrected chi connectivity index (χ2v) is 0.835. The molecule has 0 atom stereocenters. The Morgan fingerprint density at radius 1 is 1.44 bits per heavy atom. The van der Waals surface area contributed by atoms with E-state index in [4.69, 9.17) is 15.0 Å². The zero-order valence-corrected chi connectivity index (χ0v) is 6.51. The molecule has 0 unspecified atom stereocenters. The zero-order valence-electron chi connectivity index (χ0n) is 6.51. The molecule has 0 spiro atoms. The summed E-state index contributed by atoms with van der Waals surface area (Å²) in [5, 5.41) is 15.0. The molecular weight excluding hydrogens is 120 g/mol. The van der Waals surface area contributed by atoms with Crippen molar-refractivity contribution in [2.75, 3.05) is 6.61 Å². The van der Waals surface area contributed by atoms with Gasteiger partial charge in [-0.2, -0.15) is 0 Å². The van der Waals surface area contributed by atoms with Crippen molar-refractivity contribution in [3.8, 4) is 0 Å². The van der Waals surface area contributed by atoms with Gasteiger partial charge in [-0.15, -0.1) is 0 Å². The number of carbonyl (C=O) groups is 1. The number of hydrogen-bond acceptors (Lipinski definition) is 2. The summed E-state index contributed by atoms with van der Waals surface area (Å²) in [5.41, 5.74) is 0. The van der Waals surface area contributed by atoms with E-state index in [1.165, 1.54) is 0 Å². The maximum atomic E-state index is 9.00. The van der Waals surface area contributed by atoms with Crippen molar-refractivity contribution < 1.29 is 15.0 Å². The fourth-order valence-corrected chi connectivity index (χ4v) is 0. The lowest BCUT2D eigenvalue weighted by molar-refractivity contribution is -0.134. The molecule has 0 saturated heterocycles. The Balaban J connectivity index is -0.0000000646. The molecule has 0 heterocycles. The van der Waals surface area contributed by atoms with E-state index in [2.05, 4.69) is 0 Å². The molecule has 3 heteroatoms. The van der Waals surface area contributed by atoms with Crippen LogP contribution in [0.2, 0.25) is 0 Å². The summed E-state index contributed by atoms with van der Waals surface area (Å²) in [6.07, 6.45) is 0. The Labute approximate surface area is 56.3 Å². The number of rotatable bonds is 0. The molecule has 0 amide bonds. The molecule has 3 nitrogen and oxygen atoms in total. The van der Waals surface area contributed by atoms with Crippen LogP contribution in [0.3, 0.4) is 0 Å². The van der Waals surface area contributed by atoms with Crippen LogP contribution in [0.5, 0.6) is 0 Å². The minimum absolute atomic E-state index is 0.250. The summed E-state index contributed by atoms with van der Waals surface area (Å²) in [5.74, 6) is -0.833. The van der Waals surface area contributed by atoms with E-state index >= 15 is 0 Å². The zero-order chi connectivity index (χ0) is 8.28. The predicted molar refractivity (Wildman–Crippen MR) is 37.4 cm³/mol. The normalized spacial score (nSPS) is 5.44. The van der Waals surface area contributed by atoms with Crippen molar-refractivity contribution in [2.24, 2.45) is 0 Å². The van der Waals surface area contributed by atoms with E-state index in [0.29, 0.717) is 0 Å². The molecule has 0 bridgehead atoms. The van der Waals surface area contributed by atoms with Crippen LogP contribution in [-0.2, 0) is 4.79 Å². The Hall–Kier alpha value is -0.570. The molecule has 0 rings (SSSR count). The van der Waals surface area contributed by atoms with Gasteiger partial charge in [0.25, 0.3) is 5.97 Å². The molecule has 0 aliphatic carbocycles.